The fraction of sp³-hybridized carbons (Fsp3) is 0.900. The average Bonchev–Trinajstić information content (AvgIpc) is 2.42. The Kier molecular flexibility index (Phi) is 2.06. The molecule has 2 rings (SSSR count). The fourth-order valence-corrected chi connectivity index (χ4v) is 2.83. The van der Waals surface area contributed by atoms with E-state index < -0.39 is 0 Å². The maximum absolute atomic E-state index is 12.0. The molecule has 1 saturated carbocycles. The Hall–Kier alpha value is -0.570. The molecule has 0 aromatic heterocycles. The third kappa shape index (κ3) is 1.35. The number of carbonyl (C=O) groups excluding carboxylic acids is 1. The Morgan fingerprint density at radius 3 is 3.00 bits per heavy atom. The Balaban J connectivity index is 2.16. The van der Waals surface area contributed by atoms with E-state index in [-0.39, 0.29) is 5.41 Å². The molecule has 3 nitrogen and oxygen atoms in total. The first-order valence-electron chi connectivity index (χ1n) is 5.06. The van der Waals surface area contributed by atoms with Crippen molar-refractivity contribution in [3.05, 3.63) is 0 Å². The number of amides is 1. The lowest BCUT2D eigenvalue weighted by Crippen LogP contribution is -2.48. The van der Waals surface area contributed by atoms with Crippen molar-refractivity contribution in [2.45, 2.75) is 19.3 Å². The number of hydrogen-bond acceptors (Lipinski definition) is 2. The molecule has 0 spiro atoms. The summed E-state index contributed by atoms with van der Waals surface area (Å²) in [5.41, 5.74) is -0.0492. The smallest absolute Gasteiger partial charge is 0.229 e. The summed E-state index contributed by atoms with van der Waals surface area (Å²) in [6, 6.07) is 0. The molecule has 2 unspecified atom stereocenters. The van der Waals surface area contributed by atoms with Crippen molar-refractivity contribution in [2.75, 3.05) is 27.2 Å². The normalized spacial score (nSPS) is 37.5. The highest BCUT2D eigenvalue weighted by atomic mass is 16.2. The summed E-state index contributed by atoms with van der Waals surface area (Å²) in [6.45, 7) is 2.00. The van der Waals surface area contributed by atoms with E-state index in [0.29, 0.717) is 5.91 Å². The molecule has 1 heterocycles. The first-order valence-corrected chi connectivity index (χ1v) is 5.06. The summed E-state index contributed by atoms with van der Waals surface area (Å²) in [5.74, 6) is 1.07. The van der Waals surface area contributed by atoms with Crippen LogP contribution >= 0.6 is 0 Å². The fourth-order valence-electron chi connectivity index (χ4n) is 2.83. The van der Waals surface area contributed by atoms with Crippen LogP contribution in [-0.2, 0) is 4.79 Å². The Labute approximate surface area is 79.5 Å². The van der Waals surface area contributed by atoms with Crippen LogP contribution in [0.3, 0.4) is 0 Å². The minimum absolute atomic E-state index is 0.0492. The van der Waals surface area contributed by atoms with Gasteiger partial charge in [-0.1, -0.05) is 0 Å². The molecular formula is C10H18N2O. The van der Waals surface area contributed by atoms with Gasteiger partial charge >= 0.3 is 0 Å². The van der Waals surface area contributed by atoms with Crippen LogP contribution in [0, 0.1) is 11.3 Å². The van der Waals surface area contributed by atoms with Crippen molar-refractivity contribution in [2.24, 2.45) is 11.3 Å². The highest BCUT2D eigenvalue weighted by Crippen LogP contribution is 2.44. The lowest BCUT2D eigenvalue weighted by atomic mass is 9.81. The Morgan fingerprint density at radius 2 is 2.31 bits per heavy atom. The van der Waals surface area contributed by atoms with Gasteiger partial charge in [-0.05, 0) is 31.7 Å². The minimum Gasteiger partial charge on any atom is -0.348 e. The number of fused-ring (bicyclic) bond motifs is 2. The second-order valence-corrected chi connectivity index (χ2v) is 4.72. The summed E-state index contributed by atoms with van der Waals surface area (Å²) in [4.78, 5) is 13.7. The number of carbonyl (C=O) groups is 1. The van der Waals surface area contributed by atoms with Gasteiger partial charge in [-0.25, -0.2) is 0 Å². The third-order valence-electron chi connectivity index (χ3n) is 3.47. The van der Waals surface area contributed by atoms with Gasteiger partial charge in [0.15, 0.2) is 0 Å². The van der Waals surface area contributed by atoms with Gasteiger partial charge in [0.05, 0.1) is 5.41 Å². The van der Waals surface area contributed by atoms with Crippen LogP contribution in [-0.4, -0.2) is 38.0 Å². The van der Waals surface area contributed by atoms with E-state index in [2.05, 4.69) is 5.32 Å². The molecule has 1 saturated heterocycles. The quantitative estimate of drug-likeness (QED) is 0.639. The number of rotatable bonds is 1. The number of nitrogens with zero attached hydrogens (tertiary/aromatic N) is 1. The standard InChI is InChI=1S/C10H18N2O/c1-12(2)9(13)10-4-3-8(5-10)6-11-7-10/h8,11H,3-7H2,1-2H3. The highest BCUT2D eigenvalue weighted by Gasteiger charge is 2.47. The summed E-state index contributed by atoms with van der Waals surface area (Å²) in [6.07, 6.45) is 3.42. The van der Waals surface area contributed by atoms with Crippen molar-refractivity contribution < 1.29 is 4.79 Å². The molecule has 1 aliphatic carbocycles. The second kappa shape index (κ2) is 2.98. The van der Waals surface area contributed by atoms with Crippen LogP contribution in [0.15, 0.2) is 0 Å². The first-order chi connectivity index (χ1) is 6.14. The van der Waals surface area contributed by atoms with E-state index in [4.69, 9.17) is 0 Å². The van der Waals surface area contributed by atoms with Crippen molar-refractivity contribution in [1.29, 1.82) is 0 Å². The maximum atomic E-state index is 12.0. The van der Waals surface area contributed by atoms with Crippen LogP contribution in [0.2, 0.25) is 0 Å². The molecule has 1 aliphatic heterocycles. The van der Waals surface area contributed by atoms with Crippen molar-refractivity contribution in [3.63, 3.8) is 0 Å². The molecule has 0 aromatic carbocycles. The summed E-state index contributed by atoms with van der Waals surface area (Å²) in [7, 11) is 3.72. The monoisotopic (exact) mass is 182 g/mol. The summed E-state index contributed by atoms with van der Waals surface area (Å²) in [5, 5.41) is 3.38. The van der Waals surface area contributed by atoms with E-state index in [1.54, 1.807) is 4.90 Å². The SMILES string of the molecule is CN(C)C(=O)C12CCC(CNC1)C2. The van der Waals surface area contributed by atoms with Crippen LogP contribution in [0.25, 0.3) is 0 Å². The molecule has 0 radical (unpaired) electrons. The third-order valence-corrected chi connectivity index (χ3v) is 3.47. The molecule has 2 atom stereocenters. The maximum Gasteiger partial charge on any atom is 0.229 e. The molecule has 0 aromatic rings. The van der Waals surface area contributed by atoms with Crippen molar-refractivity contribution >= 4 is 5.91 Å². The van der Waals surface area contributed by atoms with Gasteiger partial charge in [-0.2, -0.15) is 0 Å². The molecule has 3 heteroatoms. The lowest BCUT2D eigenvalue weighted by molar-refractivity contribution is -0.139. The van der Waals surface area contributed by atoms with Gasteiger partial charge in [-0.3, -0.25) is 4.79 Å². The van der Waals surface area contributed by atoms with Crippen LogP contribution < -0.4 is 5.32 Å². The predicted molar refractivity (Wildman–Crippen MR) is 51.3 cm³/mol. The summed E-state index contributed by atoms with van der Waals surface area (Å²) < 4.78 is 0. The van der Waals surface area contributed by atoms with Crippen LogP contribution in [0.5, 0.6) is 0 Å². The van der Waals surface area contributed by atoms with E-state index in [1.807, 2.05) is 14.1 Å². The van der Waals surface area contributed by atoms with E-state index in [1.165, 1.54) is 6.42 Å². The summed E-state index contributed by atoms with van der Waals surface area (Å²) >= 11 is 0. The van der Waals surface area contributed by atoms with Gasteiger partial charge in [-0.15, -0.1) is 0 Å². The topological polar surface area (TPSA) is 32.3 Å². The van der Waals surface area contributed by atoms with Gasteiger partial charge in [0.1, 0.15) is 0 Å². The molecule has 2 aliphatic rings. The number of nitrogens with one attached hydrogen (secondary N) is 1. The van der Waals surface area contributed by atoms with Crippen LogP contribution in [0.1, 0.15) is 19.3 Å². The van der Waals surface area contributed by atoms with Gasteiger partial charge < -0.3 is 10.2 Å². The van der Waals surface area contributed by atoms with E-state index in [0.717, 1.165) is 31.8 Å². The zero-order valence-electron chi connectivity index (χ0n) is 8.47. The molecule has 13 heavy (non-hydrogen) atoms. The van der Waals surface area contributed by atoms with Gasteiger partial charge in [0.25, 0.3) is 0 Å². The Bertz CT molecular complexity index is 223. The second-order valence-electron chi connectivity index (χ2n) is 4.72. The van der Waals surface area contributed by atoms with E-state index >= 15 is 0 Å². The van der Waals surface area contributed by atoms with E-state index in [9.17, 15) is 4.79 Å². The average molecular weight is 182 g/mol. The zero-order valence-corrected chi connectivity index (χ0v) is 8.47. The molecule has 1 N–H and O–H groups in total. The first kappa shape index (κ1) is 9.00. The molecular weight excluding hydrogens is 164 g/mol. The minimum atomic E-state index is -0.0492. The molecule has 74 valence electrons. The van der Waals surface area contributed by atoms with Crippen molar-refractivity contribution in [1.82, 2.24) is 10.2 Å². The highest BCUT2D eigenvalue weighted by molar-refractivity contribution is 5.83. The van der Waals surface area contributed by atoms with Gasteiger partial charge in [0.2, 0.25) is 5.91 Å². The largest absolute Gasteiger partial charge is 0.348 e. The number of hydrogen-bond donors (Lipinski definition) is 1. The lowest BCUT2D eigenvalue weighted by Gasteiger charge is -2.34. The zero-order chi connectivity index (χ0) is 9.47. The predicted octanol–water partition coefficient (Wildman–Crippen LogP) is 0.464. The molecule has 2 bridgehead atoms. The molecule has 2 fully saturated rings. The van der Waals surface area contributed by atoms with Gasteiger partial charge in [0, 0.05) is 20.6 Å². The van der Waals surface area contributed by atoms with Crippen LogP contribution in [0.4, 0.5) is 0 Å². The molecule has 1 amide bonds. The Morgan fingerprint density at radius 1 is 1.54 bits per heavy atom. The van der Waals surface area contributed by atoms with Crippen molar-refractivity contribution in [3.8, 4) is 0 Å². The number of piperidine rings is 1.